The Morgan fingerprint density at radius 2 is 1.83 bits per heavy atom. The van der Waals surface area contributed by atoms with Crippen molar-refractivity contribution >= 4 is 11.7 Å². The van der Waals surface area contributed by atoms with Gasteiger partial charge >= 0.3 is 0 Å². The number of nitrogens with one attached hydrogen (secondary N) is 2. The van der Waals surface area contributed by atoms with E-state index in [9.17, 15) is 10.1 Å². The van der Waals surface area contributed by atoms with Crippen LogP contribution in [-0.2, 0) is 31.4 Å². The number of aryl methyl sites for hydroxylation is 1. The third kappa shape index (κ3) is 7.58. The molecule has 1 unspecified atom stereocenters. The minimum atomic E-state index is -0.351. The highest BCUT2D eigenvalue weighted by atomic mass is 16.1. The first-order valence-electron chi connectivity index (χ1n) is 15.6. The Bertz CT molecular complexity index is 1780. The number of hydrogen-bond acceptors (Lipinski definition) is 9. The summed E-state index contributed by atoms with van der Waals surface area (Å²) in [6.07, 6.45) is 14.8. The van der Waals surface area contributed by atoms with Crippen LogP contribution in [-0.4, -0.2) is 40.6 Å². The van der Waals surface area contributed by atoms with E-state index >= 15 is 0 Å². The van der Waals surface area contributed by atoms with Crippen LogP contribution >= 0.6 is 0 Å². The monoisotopic (exact) mass is 612 g/mol. The predicted molar refractivity (Wildman–Crippen MR) is 173 cm³/mol. The van der Waals surface area contributed by atoms with Crippen molar-refractivity contribution in [2.75, 3.05) is 5.32 Å². The van der Waals surface area contributed by atoms with Gasteiger partial charge in [0.25, 0.3) is 0 Å². The fourth-order valence-electron chi connectivity index (χ4n) is 6.13. The summed E-state index contributed by atoms with van der Waals surface area (Å²) in [5, 5.41) is 20.3. The van der Waals surface area contributed by atoms with Gasteiger partial charge in [-0.15, -0.1) is 0 Å². The second-order valence-corrected chi connectivity index (χ2v) is 11.8. The molecule has 4 aromatic heterocycles. The molecule has 4 heterocycles. The minimum absolute atomic E-state index is 0.00348. The highest BCUT2D eigenvalue weighted by Gasteiger charge is 2.34. The van der Waals surface area contributed by atoms with Crippen molar-refractivity contribution in [2.45, 2.75) is 51.1 Å². The maximum absolute atomic E-state index is 13.8. The quantitative estimate of drug-likeness (QED) is 0.210. The van der Waals surface area contributed by atoms with E-state index in [4.69, 9.17) is 9.97 Å². The zero-order valence-electron chi connectivity index (χ0n) is 25.8. The van der Waals surface area contributed by atoms with E-state index in [1.54, 1.807) is 17.1 Å². The third-order valence-corrected chi connectivity index (χ3v) is 8.61. The van der Waals surface area contributed by atoms with Gasteiger partial charge in [0.2, 0.25) is 5.91 Å². The normalized spacial score (nSPS) is 16.7. The van der Waals surface area contributed by atoms with E-state index in [1.165, 1.54) is 6.33 Å². The molecule has 1 aromatic carbocycles. The molecule has 0 aliphatic heterocycles. The molecule has 1 aliphatic carbocycles. The van der Waals surface area contributed by atoms with Crippen LogP contribution in [0.15, 0.2) is 85.8 Å². The van der Waals surface area contributed by atoms with Crippen LogP contribution in [0.2, 0.25) is 0 Å². The fourth-order valence-corrected chi connectivity index (χ4v) is 6.13. The summed E-state index contributed by atoms with van der Waals surface area (Å²) < 4.78 is 1.77. The van der Waals surface area contributed by atoms with E-state index in [1.807, 2.05) is 74.2 Å². The second-order valence-electron chi connectivity index (χ2n) is 11.8. The number of nitriles is 1. The molecule has 11 heteroatoms. The summed E-state index contributed by atoms with van der Waals surface area (Å²) >= 11 is 0. The largest absolute Gasteiger partial charge is 0.363 e. The topological polar surface area (TPSA) is 147 Å². The summed E-state index contributed by atoms with van der Waals surface area (Å²) in [5.74, 6) is 1.41. The van der Waals surface area contributed by atoms with Gasteiger partial charge in [0, 0.05) is 49.7 Å². The van der Waals surface area contributed by atoms with Crippen molar-refractivity contribution in [3.63, 3.8) is 0 Å². The molecular weight excluding hydrogens is 576 g/mol. The van der Waals surface area contributed by atoms with Gasteiger partial charge in [-0.25, -0.2) is 19.9 Å². The molecule has 2 N–H and O–H groups in total. The Balaban J connectivity index is 1.13. The SMILES string of the molecule is Cn1cc(-c2ccc(C(C(=O)NCc3ccccc3)[C@H]3CC[C@H](Cc4ncc(C#N)c(NCc5ccncn5)n4)CC3)nc2)cn1. The maximum atomic E-state index is 13.8. The molecule has 232 valence electrons. The number of nitrogens with zero attached hydrogens (tertiary/aromatic N) is 8. The van der Waals surface area contributed by atoms with Crippen LogP contribution in [0.3, 0.4) is 0 Å². The van der Waals surface area contributed by atoms with Crippen molar-refractivity contribution in [2.24, 2.45) is 18.9 Å². The lowest BCUT2D eigenvalue weighted by molar-refractivity contribution is -0.124. The number of rotatable bonds is 11. The van der Waals surface area contributed by atoms with Gasteiger partial charge in [0.1, 0.15) is 29.6 Å². The van der Waals surface area contributed by atoms with Crippen LogP contribution in [0.4, 0.5) is 5.82 Å². The summed E-state index contributed by atoms with van der Waals surface area (Å²) in [6.45, 7) is 0.909. The number of carbonyl (C=O) groups is 1. The van der Waals surface area contributed by atoms with Gasteiger partial charge in [0.05, 0.1) is 36.2 Å². The molecule has 0 radical (unpaired) electrons. The lowest BCUT2D eigenvalue weighted by Crippen LogP contribution is -2.35. The maximum Gasteiger partial charge on any atom is 0.229 e. The molecule has 1 amide bonds. The minimum Gasteiger partial charge on any atom is -0.363 e. The predicted octanol–water partition coefficient (Wildman–Crippen LogP) is 4.99. The van der Waals surface area contributed by atoms with Crippen molar-refractivity contribution in [1.82, 2.24) is 40.0 Å². The number of benzene rings is 1. The number of aromatic nitrogens is 7. The van der Waals surface area contributed by atoms with Crippen molar-refractivity contribution in [3.8, 4) is 17.2 Å². The van der Waals surface area contributed by atoms with Crippen LogP contribution in [0.25, 0.3) is 11.1 Å². The summed E-state index contributed by atoms with van der Waals surface area (Å²) in [5.41, 5.74) is 5.01. The van der Waals surface area contributed by atoms with Gasteiger partial charge in [-0.3, -0.25) is 14.5 Å². The van der Waals surface area contributed by atoms with Crippen LogP contribution in [0.1, 0.15) is 59.9 Å². The van der Waals surface area contributed by atoms with E-state index in [0.717, 1.165) is 53.8 Å². The van der Waals surface area contributed by atoms with Gasteiger partial charge < -0.3 is 10.6 Å². The summed E-state index contributed by atoms with van der Waals surface area (Å²) in [4.78, 5) is 36.0. The van der Waals surface area contributed by atoms with Gasteiger partial charge in [0.15, 0.2) is 0 Å². The molecule has 46 heavy (non-hydrogen) atoms. The molecule has 0 spiro atoms. The number of amides is 1. The zero-order valence-corrected chi connectivity index (χ0v) is 25.8. The molecule has 0 bridgehead atoms. The zero-order chi connectivity index (χ0) is 31.7. The molecule has 1 fully saturated rings. The van der Waals surface area contributed by atoms with Crippen molar-refractivity contribution < 1.29 is 4.79 Å². The molecule has 1 aliphatic rings. The first kappa shape index (κ1) is 30.5. The molecule has 6 rings (SSSR count). The van der Waals surface area contributed by atoms with E-state index in [-0.39, 0.29) is 17.7 Å². The summed E-state index contributed by atoms with van der Waals surface area (Å²) in [7, 11) is 1.89. The Kier molecular flexibility index (Phi) is 9.63. The van der Waals surface area contributed by atoms with E-state index in [0.29, 0.717) is 42.6 Å². The Hall–Kier alpha value is -5.50. The average Bonchev–Trinajstić information content (AvgIpc) is 3.54. The Morgan fingerprint density at radius 3 is 2.52 bits per heavy atom. The summed E-state index contributed by atoms with van der Waals surface area (Å²) in [6, 6.07) is 18.0. The number of pyridine rings is 1. The lowest BCUT2D eigenvalue weighted by Gasteiger charge is -2.33. The van der Waals surface area contributed by atoms with Gasteiger partial charge in [-0.2, -0.15) is 10.4 Å². The first-order chi connectivity index (χ1) is 22.6. The number of anilines is 1. The van der Waals surface area contributed by atoms with E-state index < -0.39 is 0 Å². The molecular formula is C35H36N10O. The van der Waals surface area contributed by atoms with Crippen molar-refractivity contribution in [3.05, 3.63) is 114 Å². The van der Waals surface area contributed by atoms with Gasteiger partial charge in [-0.05, 0) is 55.2 Å². The average molecular weight is 613 g/mol. The number of carbonyl (C=O) groups excluding carboxylic acids is 1. The molecule has 11 nitrogen and oxygen atoms in total. The number of hydrogen-bond donors (Lipinski definition) is 2. The van der Waals surface area contributed by atoms with Crippen molar-refractivity contribution in [1.29, 1.82) is 5.26 Å². The van der Waals surface area contributed by atoms with Crippen LogP contribution in [0.5, 0.6) is 0 Å². The molecule has 5 aromatic rings. The lowest BCUT2D eigenvalue weighted by atomic mass is 9.73. The van der Waals surface area contributed by atoms with Gasteiger partial charge in [-0.1, -0.05) is 36.4 Å². The standard InChI is InChI=1S/C35H36N10O/c1-45-22-29(20-43-45)27-11-12-31(38-18-27)33(35(46)41-17-25-5-3-2-4-6-25)26-9-7-24(8-10-26)15-32-39-19-28(16-36)34(44-32)40-21-30-13-14-37-23-42-30/h2-6,11-14,18-20,22-24,26,33H,7-10,15,17,21H2,1H3,(H,41,46)(H,39,40,44)/t24-,26-,33?. The Morgan fingerprint density at radius 1 is 0.978 bits per heavy atom. The third-order valence-electron chi connectivity index (χ3n) is 8.61. The second kappa shape index (κ2) is 14.5. The highest BCUT2D eigenvalue weighted by molar-refractivity contribution is 5.83. The Labute approximate surface area is 268 Å². The van der Waals surface area contributed by atoms with E-state index in [2.05, 4.69) is 36.8 Å². The molecule has 0 saturated heterocycles. The van der Waals surface area contributed by atoms with Crippen LogP contribution in [0, 0.1) is 23.2 Å². The smallest absolute Gasteiger partial charge is 0.229 e. The first-order valence-corrected chi connectivity index (χ1v) is 15.6. The van der Waals surface area contributed by atoms with Crippen LogP contribution < -0.4 is 10.6 Å². The highest BCUT2D eigenvalue weighted by Crippen LogP contribution is 2.39. The fraction of sp³-hybridized carbons (Fsp3) is 0.314. The molecule has 1 atom stereocenters. The molecule has 1 saturated carbocycles.